The maximum atomic E-state index is 4.56. The molecule has 1 N–H and O–H groups in total. The molecular formula is C14H20N2S2. The molecule has 0 aliphatic rings. The van der Waals surface area contributed by atoms with Gasteiger partial charge in [-0.05, 0) is 24.3 Å². The molecule has 0 saturated heterocycles. The van der Waals surface area contributed by atoms with Gasteiger partial charge in [0.05, 0.1) is 11.0 Å². The maximum absolute atomic E-state index is 4.56. The number of thioether (sulfide) groups is 2. The molecule has 0 aliphatic carbocycles. The molecule has 2 rings (SSSR count). The van der Waals surface area contributed by atoms with Crippen molar-refractivity contribution in [1.29, 1.82) is 0 Å². The number of benzene rings is 1. The third-order valence-corrected chi connectivity index (χ3v) is 4.75. The third kappa shape index (κ3) is 4.25. The minimum atomic E-state index is 0.379. The number of nitrogens with zero attached hydrogens (tertiary/aromatic N) is 1. The van der Waals surface area contributed by atoms with Crippen molar-refractivity contribution in [3.8, 4) is 0 Å². The van der Waals surface area contributed by atoms with Gasteiger partial charge in [-0.1, -0.05) is 44.7 Å². The first-order chi connectivity index (χ1) is 8.54. The molecule has 0 aliphatic heterocycles. The summed E-state index contributed by atoms with van der Waals surface area (Å²) in [7, 11) is 0. The van der Waals surface area contributed by atoms with Gasteiger partial charge < -0.3 is 4.98 Å². The molecule has 1 heterocycles. The molecule has 0 saturated carbocycles. The van der Waals surface area contributed by atoms with Crippen LogP contribution in [-0.2, 0) is 0 Å². The van der Waals surface area contributed by atoms with Crippen LogP contribution in [0, 0.1) is 0 Å². The van der Waals surface area contributed by atoms with Gasteiger partial charge in [-0.2, -0.15) is 11.8 Å². The maximum Gasteiger partial charge on any atom is 0.166 e. The molecule has 1 aromatic carbocycles. The highest BCUT2D eigenvalue weighted by Crippen LogP contribution is 2.25. The SMILES string of the molecule is CC(C)(C)SCCCSc1nc2ccccc2[nH]1. The Morgan fingerprint density at radius 1 is 1.17 bits per heavy atom. The molecule has 0 spiro atoms. The highest BCUT2D eigenvalue weighted by atomic mass is 32.2. The zero-order valence-corrected chi connectivity index (χ0v) is 12.8. The second-order valence-corrected chi connectivity index (χ2v) is 8.23. The fourth-order valence-corrected chi connectivity index (χ4v) is 3.51. The average molecular weight is 280 g/mol. The van der Waals surface area contributed by atoms with Crippen molar-refractivity contribution in [1.82, 2.24) is 9.97 Å². The monoisotopic (exact) mass is 280 g/mol. The quantitative estimate of drug-likeness (QED) is 0.642. The lowest BCUT2D eigenvalue weighted by Gasteiger charge is -2.16. The number of hydrogen-bond acceptors (Lipinski definition) is 3. The van der Waals surface area contributed by atoms with Crippen LogP contribution < -0.4 is 0 Å². The van der Waals surface area contributed by atoms with E-state index in [-0.39, 0.29) is 0 Å². The minimum Gasteiger partial charge on any atom is -0.333 e. The molecular weight excluding hydrogens is 260 g/mol. The number of fused-ring (bicyclic) bond motifs is 1. The summed E-state index contributed by atoms with van der Waals surface area (Å²) in [5.41, 5.74) is 2.19. The molecule has 1 aromatic heterocycles. The molecule has 0 unspecified atom stereocenters. The summed E-state index contributed by atoms with van der Waals surface area (Å²) in [5, 5.41) is 1.04. The topological polar surface area (TPSA) is 28.7 Å². The molecule has 0 amide bonds. The van der Waals surface area contributed by atoms with E-state index in [4.69, 9.17) is 0 Å². The van der Waals surface area contributed by atoms with Gasteiger partial charge in [0.25, 0.3) is 0 Å². The Kier molecular flexibility index (Phi) is 4.62. The van der Waals surface area contributed by atoms with Gasteiger partial charge in [0.15, 0.2) is 5.16 Å². The summed E-state index contributed by atoms with van der Waals surface area (Å²) in [6.45, 7) is 6.80. The summed E-state index contributed by atoms with van der Waals surface area (Å²) in [5.74, 6) is 2.35. The minimum absolute atomic E-state index is 0.379. The molecule has 0 radical (unpaired) electrons. The number of nitrogens with one attached hydrogen (secondary N) is 1. The molecule has 18 heavy (non-hydrogen) atoms. The average Bonchev–Trinajstić information content (AvgIpc) is 2.69. The Labute approximate surface area is 117 Å². The van der Waals surface area contributed by atoms with Crippen molar-refractivity contribution in [2.24, 2.45) is 0 Å². The van der Waals surface area contributed by atoms with Crippen molar-refractivity contribution in [3.05, 3.63) is 24.3 Å². The van der Waals surface area contributed by atoms with E-state index in [0.717, 1.165) is 21.9 Å². The van der Waals surface area contributed by atoms with Gasteiger partial charge in [-0.25, -0.2) is 4.98 Å². The lowest BCUT2D eigenvalue weighted by Crippen LogP contribution is -2.08. The smallest absolute Gasteiger partial charge is 0.166 e. The van der Waals surface area contributed by atoms with E-state index in [1.54, 1.807) is 0 Å². The Balaban J connectivity index is 1.77. The van der Waals surface area contributed by atoms with Gasteiger partial charge in [-0.15, -0.1) is 0 Å². The zero-order valence-electron chi connectivity index (χ0n) is 11.2. The number of aromatic nitrogens is 2. The fraction of sp³-hybridized carbons (Fsp3) is 0.500. The van der Waals surface area contributed by atoms with Crippen LogP contribution in [-0.4, -0.2) is 26.2 Å². The normalized spacial score (nSPS) is 12.2. The van der Waals surface area contributed by atoms with Crippen molar-refractivity contribution in [2.75, 3.05) is 11.5 Å². The van der Waals surface area contributed by atoms with Crippen molar-refractivity contribution in [2.45, 2.75) is 37.1 Å². The van der Waals surface area contributed by atoms with Gasteiger partial charge in [0, 0.05) is 10.5 Å². The molecule has 2 nitrogen and oxygen atoms in total. The predicted molar refractivity (Wildman–Crippen MR) is 83.6 cm³/mol. The first kappa shape index (κ1) is 13.8. The summed E-state index contributed by atoms with van der Waals surface area (Å²) in [4.78, 5) is 7.91. The van der Waals surface area contributed by atoms with Gasteiger partial charge >= 0.3 is 0 Å². The number of imidazole rings is 1. The number of hydrogen-bond donors (Lipinski definition) is 1. The lowest BCUT2D eigenvalue weighted by molar-refractivity contribution is 0.801. The molecule has 98 valence electrons. The van der Waals surface area contributed by atoms with E-state index in [0.29, 0.717) is 4.75 Å². The van der Waals surface area contributed by atoms with E-state index < -0.39 is 0 Å². The highest BCUT2D eigenvalue weighted by molar-refractivity contribution is 8.00. The first-order valence-electron chi connectivity index (χ1n) is 6.26. The summed E-state index contributed by atoms with van der Waals surface area (Å²) in [6, 6.07) is 8.18. The number of rotatable bonds is 5. The van der Waals surface area contributed by atoms with E-state index in [2.05, 4.69) is 36.8 Å². The fourth-order valence-electron chi connectivity index (χ4n) is 1.60. The molecule has 0 fully saturated rings. The van der Waals surface area contributed by atoms with Crippen molar-refractivity contribution in [3.63, 3.8) is 0 Å². The molecule has 0 atom stereocenters. The molecule has 4 heteroatoms. The largest absolute Gasteiger partial charge is 0.333 e. The van der Waals surface area contributed by atoms with Crippen LogP contribution in [0.2, 0.25) is 0 Å². The van der Waals surface area contributed by atoms with Crippen molar-refractivity contribution < 1.29 is 0 Å². The van der Waals surface area contributed by atoms with Crippen LogP contribution in [0.4, 0.5) is 0 Å². The lowest BCUT2D eigenvalue weighted by atomic mass is 10.3. The van der Waals surface area contributed by atoms with Crippen LogP contribution in [0.1, 0.15) is 27.2 Å². The summed E-state index contributed by atoms with van der Waals surface area (Å²) < 4.78 is 0.379. The Morgan fingerprint density at radius 2 is 1.94 bits per heavy atom. The van der Waals surface area contributed by atoms with Gasteiger partial charge in [0.2, 0.25) is 0 Å². The van der Waals surface area contributed by atoms with E-state index in [9.17, 15) is 0 Å². The second-order valence-electron chi connectivity index (χ2n) is 5.22. The Hall–Kier alpha value is -0.610. The van der Waals surface area contributed by atoms with E-state index in [1.165, 1.54) is 12.2 Å². The van der Waals surface area contributed by atoms with Gasteiger partial charge in [-0.3, -0.25) is 0 Å². The van der Waals surface area contributed by atoms with Crippen LogP contribution in [0.25, 0.3) is 11.0 Å². The predicted octanol–water partition coefficient (Wildman–Crippen LogP) is 4.58. The standard InChI is InChI=1S/C14H20N2S2/c1-14(2,3)18-10-6-9-17-13-15-11-7-4-5-8-12(11)16-13/h4-5,7-8H,6,9-10H2,1-3H3,(H,15,16). The summed E-state index contributed by atoms with van der Waals surface area (Å²) >= 11 is 3.85. The van der Waals surface area contributed by atoms with Crippen LogP contribution >= 0.6 is 23.5 Å². The number of H-pyrrole nitrogens is 1. The van der Waals surface area contributed by atoms with Crippen molar-refractivity contribution >= 4 is 34.6 Å². The van der Waals surface area contributed by atoms with Gasteiger partial charge in [0.1, 0.15) is 0 Å². The van der Waals surface area contributed by atoms with Crippen LogP contribution in [0.3, 0.4) is 0 Å². The highest BCUT2D eigenvalue weighted by Gasteiger charge is 2.09. The summed E-state index contributed by atoms with van der Waals surface area (Å²) in [6.07, 6.45) is 1.23. The molecule has 0 bridgehead atoms. The third-order valence-electron chi connectivity index (χ3n) is 2.43. The Morgan fingerprint density at radius 3 is 2.67 bits per heavy atom. The van der Waals surface area contributed by atoms with E-state index in [1.807, 2.05) is 41.7 Å². The van der Waals surface area contributed by atoms with Crippen LogP contribution in [0.5, 0.6) is 0 Å². The second kappa shape index (κ2) is 6.02. The first-order valence-corrected chi connectivity index (χ1v) is 8.23. The van der Waals surface area contributed by atoms with Crippen LogP contribution in [0.15, 0.2) is 29.4 Å². The Bertz CT molecular complexity index is 467. The number of para-hydroxylation sites is 2. The molecule has 2 aromatic rings. The number of aromatic amines is 1. The zero-order chi connectivity index (χ0) is 13.0. The van der Waals surface area contributed by atoms with E-state index >= 15 is 0 Å².